The topological polar surface area (TPSA) is 96.4 Å². The van der Waals surface area contributed by atoms with Crippen LogP contribution in [0.1, 0.15) is 25.5 Å². The molecule has 1 fully saturated rings. The third kappa shape index (κ3) is 4.53. The number of pyridine rings is 1. The van der Waals surface area contributed by atoms with Crippen molar-refractivity contribution in [2.75, 3.05) is 24.7 Å². The summed E-state index contributed by atoms with van der Waals surface area (Å²) in [5.41, 5.74) is 0.801. The van der Waals surface area contributed by atoms with E-state index in [9.17, 15) is 18.0 Å². The molecule has 2 atom stereocenters. The van der Waals surface area contributed by atoms with Crippen molar-refractivity contribution in [3.63, 3.8) is 0 Å². The molecule has 2 heterocycles. The van der Waals surface area contributed by atoms with Gasteiger partial charge in [-0.3, -0.25) is 9.59 Å². The molecule has 0 saturated carbocycles. The first kappa shape index (κ1) is 18.4. The maximum absolute atomic E-state index is 12.4. The molecule has 2 amide bonds. The number of nitrogens with one attached hydrogen (secondary N) is 1. The van der Waals surface area contributed by atoms with Gasteiger partial charge in [-0.15, -0.1) is 0 Å². The highest BCUT2D eigenvalue weighted by Gasteiger charge is 2.33. The number of carbonyl (C=O) groups is 2. The molecule has 1 aromatic heterocycles. The Balaban J connectivity index is 2.02. The van der Waals surface area contributed by atoms with Crippen LogP contribution in [-0.4, -0.2) is 54.7 Å². The number of nitrogens with zero attached hydrogens (tertiary/aromatic N) is 2. The normalized spacial score (nSPS) is 19.6. The van der Waals surface area contributed by atoms with E-state index in [4.69, 9.17) is 0 Å². The van der Waals surface area contributed by atoms with Crippen LogP contribution in [0.3, 0.4) is 0 Å². The van der Waals surface area contributed by atoms with Gasteiger partial charge in [0, 0.05) is 25.0 Å². The summed E-state index contributed by atoms with van der Waals surface area (Å²) < 4.78 is 23.1. The number of amides is 2. The minimum absolute atomic E-state index is 0.197. The summed E-state index contributed by atoms with van der Waals surface area (Å²) in [5, 5.41) is 1.68. The fourth-order valence-electron chi connectivity index (χ4n) is 2.67. The second-order valence-corrected chi connectivity index (χ2v) is 8.61. The standard InChI is InChI=1S/C16H23N3O4S/c1-11-6-4-8-14(17-11)18-15(20)13-7-5-9-19(10-13)16(21)12(2)24(3,22)23/h4,6,8,12-13H,5,7,9-10H2,1-3H3,(H,17,18,20). The van der Waals surface area contributed by atoms with Crippen molar-refractivity contribution in [2.45, 2.75) is 31.9 Å². The number of likely N-dealkylation sites (tertiary alicyclic amines) is 1. The van der Waals surface area contributed by atoms with E-state index >= 15 is 0 Å². The van der Waals surface area contributed by atoms with E-state index < -0.39 is 21.0 Å². The summed E-state index contributed by atoms with van der Waals surface area (Å²) in [6.45, 7) is 3.93. The molecular formula is C16H23N3O4S. The lowest BCUT2D eigenvalue weighted by Crippen LogP contribution is -2.48. The molecule has 1 N–H and O–H groups in total. The van der Waals surface area contributed by atoms with Crippen molar-refractivity contribution >= 4 is 27.5 Å². The quantitative estimate of drug-likeness (QED) is 0.871. The minimum Gasteiger partial charge on any atom is -0.341 e. The van der Waals surface area contributed by atoms with Gasteiger partial charge in [-0.25, -0.2) is 13.4 Å². The highest BCUT2D eigenvalue weighted by Crippen LogP contribution is 2.20. The number of hydrogen-bond donors (Lipinski definition) is 1. The van der Waals surface area contributed by atoms with Gasteiger partial charge in [-0.05, 0) is 38.8 Å². The Morgan fingerprint density at radius 1 is 1.38 bits per heavy atom. The smallest absolute Gasteiger partial charge is 0.240 e. The number of aromatic nitrogens is 1. The van der Waals surface area contributed by atoms with E-state index in [1.807, 2.05) is 19.1 Å². The number of piperidine rings is 1. The molecule has 1 aromatic rings. The van der Waals surface area contributed by atoms with E-state index in [2.05, 4.69) is 10.3 Å². The van der Waals surface area contributed by atoms with E-state index in [1.54, 1.807) is 6.07 Å². The summed E-state index contributed by atoms with van der Waals surface area (Å²) in [6.07, 6.45) is 2.38. The molecule has 0 spiro atoms. The molecule has 1 aliphatic rings. The second-order valence-electron chi connectivity index (χ2n) is 6.25. The molecule has 2 unspecified atom stereocenters. The van der Waals surface area contributed by atoms with Gasteiger partial charge in [0.15, 0.2) is 9.84 Å². The first-order valence-electron chi connectivity index (χ1n) is 7.90. The average molecular weight is 353 g/mol. The molecule has 0 radical (unpaired) electrons. The molecule has 1 saturated heterocycles. The Morgan fingerprint density at radius 3 is 2.71 bits per heavy atom. The number of sulfone groups is 1. The highest BCUT2D eigenvalue weighted by atomic mass is 32.2. The number of anilines is 1. The van der Waals surface area contributed by atoms with Crippen LogP contribution < -0.4 is 5.32 Å². The van der Waals surface area contributed by atoms with Crippen molar-refractivity contribution < 1.29 is 18.0 Å². The van der Waals surface area contributed by atoms with Crippen LogP contribution in [-0.2, 0) is 19.4 Å². The third-order valence-corrected chi connectivity index (χ3v) is 5.72. The lowest BCUT2D eigenvalue weighted by Gasteiger charge is -2.33. The van der Waals surface area contributed by atoms with Crippen LogP contribution in [0.5, 0.6) is 0 Å². The van der Waals surface area contributed by atoms with Crippen LogP contribution in [0.25, 0.3) is 0 Å². The molecule has 8 heteroatoms. The maximum atomic E-state index is 12.4. The van der Waals surface area contributed by atoms with E-state index in [0.29, 0.717) is 25.2 Å². The largest absolute Gasteiger partial charge is 0.341 e. The zero-order chi connectivity index (χ0) is 17.9. The monoisotopic (exact) mass is 353 g/mol. The Labute approximate surface area is 142 Å². The van der Waals surface area contributed by atoms with E-state index in [0.717, 1.165) is 11.9 Å². The highest BCUT2D eigenvalue weighted by molar-refractivity contribution is 7.92. The maximum Gasteiger partial charge on any atom is 0.240 e. The molecule has 132 valence electrons. The molecule has 0 aromatic carbocycles. The minimum atomic E-state index is -3.44. The third-order valence-electron chi connectivity index (χ3n) is 4.23. The molecule has 7 nitrogen and oxygen atoms in total. The summed E-state index contributed by atoms with van der Waals surface area (Å²) >= 11 is 0. The number of rotatable bonds is 4. The van der Waals surface area contributed by atoms with Gasteiger partial charge in [0.2, 0.25) is 11.8 Å². The van der Waals surface area contributed by atoms with Gasteiger partial charge in [-0.1, -0.05) is 6.07 Å². The predicted molar refractivity (Wildman–Crippen MR) is 91.2 cm³/mol. The van der Waals surface area contributed by atoms with Crippen molar-refractivity contribution in [1.29, 1.82) is 0 Å². The van der Waals surface area contributed by atoms with Crippen LogP contribution in [0.4, 0.5) is 5.82 Å². The first-order valence-corrected chi connectivity index (χ1v) is 9.86. The molecular weight excluding hydrogens is 330 g/mol. The fourth-order valence-corrected chi connectivity index (χ4v) is 3.19. The molecule has 2 rings (SSSR count). The fraction of sp³-hybridized carbons (Fsp3) is 0.562. The number of aryl methyl sites for hydroxylation is 1. The van der Waals surface area contributed by atoms with Crippen LogP contribution in [0, 0.1) is 12.8 Å². The summed E-state index contributed by atoms with van der Waals surface area (Å²) in [4.78, 5) is 30.4. The predicted octanol–water partition coefficient (Wildman–Crippen LogP) is 1.00. The van der Waals surface area contributed by atoms with Gasteiger partial charge in [0.05, 0.1) is 5.92 Å². The average Bonchev–Trinajstić information content (AvgIpc) is 2.52. The van der Waals surface area contributed by atoms with Gasteiger partial charge in [-0.2, -0.15) is 0 Å². The second kappa shape index (κ2) is 7.29. The molecule has 0 aliphatic carbocycles. The van der Waals surface area contributed by atoms with Gasteiger partial charge >= 0.3 is 0 Å². The van der Waals surface area contributed by atoms with Gasteiger partial charge < -0.3 is 10.2 Å². The zero-order valence-corrected chi connectivity index (χ0v) is 15.0. The van der Waals surface area contributed by atoms with Crippen molar-refractivity contribution in [2.24, 2.45) is 5.92 Å². The number of carbonyl (C=O) groups excluding carboxylic acids is 2. The zero-order valence-electron chi connectivity index (χ0n) is 14.2. The summed E-state index contributed by atoms with van der Waals surface area (Å²) in [7, 11) is -3.44. The van der Waals surface area contributed by atoms with Crippen LogP contribution >= 0.6 is 0 Å². The van der Waals surface area contributed by atoms with E-state index in [-0.39, 0.29) is 18.4 Å². The van der Waals surface area contributed by atoms with Crippen molar-refractivity contribution in [3.05, 3.63) is 23.9 Å². The summed E-state index contributed by atoms with van der Waals surface area (Å²) in [6, 6.07) is 5.36. The first-order chi connectivity index (χ1) is 11.2. The Morgan fingerprint density at radius 2 is 2.08 bits per heavy atom. The van der Waals surface area contributed by atoms with Crippen molar-refractivity contribution in [1.82, 2.24) is 9.88 Å². The molecule has 24 heavy (non-hydrogen) atoms. The van der Waals surface area contributed by atoms with Gasteiger partial charge in [0.25, 0.3) is 0 Å². The molecule has 1 aliphatic heterocycles. The van der Waals surface area contributed by atoms with Crippen molar-refractivity contribution in [3.8, 4) is 0 Å². The number of hydrogen-bond acceptors (Lipinski definition) is 5. The Bertz CT molecular complexity index is 733. The SMILES string of the molecule is Cc1cccc(NC(=O)C2CCCN(C(=O)C(C)S(C)(=O)=O)C2)n1. The lowest BCUT2D eigenvalue weighted by molar-refractivity contribution is -0.133. The Hall–Kier alpha value is -1.96. The lowest BCUT2D eigenvalue weighted by atomic mass is 9.97. The van der Waals surface area contributed by atoms with Crippen LogP contribution in [0.2, 0.25) is 0 Å². The molecule has 0 bridgehead atoms. The van der Waals surface area contributed by atoms with E-state index in [1.165, 1.54) is 11.8 Å². The Kier molecular flexibility index (Phi) is 5.58. The summed E-state index contributed by atoms with van der Waals surface area (Å²) in [5.74, 6) is -0.522. The van der Waals surface area contributed by atoms with Gasteiger partial charge in [0.1, 0.15) is 11.1 Å². The van der Waals surface area contributed by atoms with Crippen LogP contribution in [0.15, 0.2) is 18.2 Å².